The predicted octanol–water partition coefficient (Wildman–Crippen LogP) is 3.53. The van der Waals surface area contributed by atoms with Gasteiger partial charge in [-0.1, -0.05) is 0 Å². The fourth-order valence-electron chi connectivity index (χ4n) is 2.45. The fourth-order valence-corrected chi connectivity index (χ4v) is 2.45. The van der Waals surface area contributed by atoms with Gasteiger partial charge in [-0.05, 0) is 45.4 Å². The van der Waals surface area contributed by atoms with Crippen LogP contribution in [0.5, 0.6) is 5.88 Å². The minimum absolute atomic E-state index is 0.642. The number of aryl methyl sites for hydroxylation is 1. The molecule has 0 spiro atoms. The van der Waals surface area contributed by atoms with Gasteiger partial charge in [0.1, 0.15) is 0 Å². The van der Waals surface area contributed by atoms with Crippen molar-refractivity contribution in [3.63, 3.8) is 0 Å². The van der Waals surface area contributed by atoms with Gasteiger partial charge in [-0.2, -0.15) is 0 Å². The van der Waals surface area contributed by atoms with Crippen LogP contribution in [0.3, 0.4) is 0 Å². The molecule has 2 rings (SSSR count). The molecule has 2 aromatic rings. The molecule has 0 radical (unpaired) electrons. The third-order valence-corrected chi connectivity index (χ3v) is 3.51. The van der Waals surface area contributed by atoms with Gasteiger partial charge in [0.25, 0.3) is 0 Å². The molecule has 4 nitrogen and oxygen atoms in total. The van der Waals surface area contributed by atoms with Crippen LogP contribution in [0, 0.1) is 13.8 Å². The molecule has 0 saturated carbocycles. The topological polar surface area (TPSA) is 39.1 Å². The van der Waals surface area contributed by atoms with Crippen molar-refractivity contribution >= 4 is 5.69 Å². The summed E-state index contributed by atoms with van der Waals surface area (Å²) in [5, 5.41) is 3.40. The summed E-state index contributed by atoms with van der Waals surface area (Å²) in [5.41, 5.74) is 4.98. The van der Waals surface area contributed by atoms with E-state index in [1.807, 2.05) is 25.3 Å². The number of ether oxygens (including phenoxy) is 1. The summed E-state index contributed by atoms with van der Waals surface area (Å²) in [7, 11) is 0. The minimum atomic E-state index is 0.642. The first-order chi connectivity index (χ1) is 9.65. The number of nitrogens with one attached hydrogen (secondary N) is 1. The average molecular weight is 273 g/mol. The monoisotopic (exact) mass is 273 g/mol. The highest BCUT2D eigenvalue weighted by Crippen LogP contribution is 2.17. The average Bonchev–Trinajstić information content (AvgIpc) is 2.72. The van der Waals surface area contributed by atoms with E-state index in [1.54, 1.807) is 0 Å². The van der Waals surface area contributed by atoms with Crippen LogP contribution in [-0.2, 0) is 13.1 Å². The molecular weight excluding hydrogens is 250 g/mol. The van der Waals surface area contributed by atoms with Crippen molar-refractivity contribution in [2.45, 2.75) is 40.8 Å². The first-order valence-corrected chi connectivity index (χ1v) is 7.14. The van der Waals surface area contributed by atoms with Gasteiger partial charge in [0, 0.05) is 30.5 Å². The molecule has 2 aromatic heterocycles. The second kappa shape index (κ2) is 6.46. The Labute approximate surface area is 120 Å². The van der Waals surface area contributed by atoms with Crippen molar-refractivity contribution in [3.8, 4) is 5.88 Å². The first kappa shape index (κ1) is 14.4. The summed E-state index contributed by atoms with van der Waals surface area (Å²) in [5.74, 6) is 0.669. The number of pyridine rings is 1. The van der Waals surface area contributed by atoms with E-state index in [1.165, 1.54) is 17.0 Å². The lowest BCUT2D eigenvalue weighted by Gasteiger charge is -2.08. The molecule has 4 heteroatoms. The largest absolute Gasteiger partial charge is 0.478 e. The summed E-state index contributed by atoms with van der Waals surface area (Å²) in [6, 6.07) is 6.13. The van der Waals surface area contributed by atoms with Gasteiger partial charge in [-0.3, -0.25) is 0 Å². The second-order valence-electron chi connectivity index (χ2n) is 4.81. The molecule has 0 atom stereocenters. The molecule has 0 unspecified atom stereocenters. The van der Waals surface area contributed by atoms with Crippen LogP contribution in [0.1, 0.15) is 30.8 Å². The van der Waals surface area contributed by atoms with Crippen molar-refractivity contribution in [1.29, 1.82) is 0 Å². The molecular formula is C16H23N3O. The predicted molar refractivity (Wildman–Crippen MR) is 82.3 cm³/mol. The maximum atomic E-state index is 5.33. The third-order valence-electron chi connectivity index (χ3n) is 3.51. The zero-order chi connectivity index (χ0) is 14.5. The number of aromatic nitrogens is 2. The van der Waals surface area contributed by atoms with Gasteiger partial charge < -0.3 is 14.6 Å². The molecule has 0 aliphatic rings. The van der Waals surface area contributed by atoms with Gasteiger partial charge in [0.15, 0.2) is 0 Å². The molecule has 0 saturated heterocycles. The quantitative estimate of drug-likeness (QED) is 0.875. The highest BCUT2D eigenvalue weighted by molar-refractivity contribution is 5.43. The zero-order valence-electron chi connectivity index (χ0n) is 12.7. The van der Waals surface area contributed by atoms with Crippen molar-refractivity contribution < 1.29 is 4.74 Å². The van der Waals surface area contributed by atoms with Gasteiger partial charge in [0.05, 0.1) is 18.5 Å². The number of nitrogens with zero attached hydrogens (tertiary/aromatic N) is 2. The van der Waals surface area contributed by atoms with E-state index in [2.05, 4.69) is 41.7 Å². The van der Waals surface area contributed by atoms with Crippen molar-refractivity contribution in [2.75, 3.05) is 11.9 Å². The van der Waals surface area contributed by atoms with Crippen molar-refractivity contribution in [2.24, 2.45) is 0 Å². The number of anilines is 1. The van der Waals surface area contributed by atoms with Crippen LogP contribution < -0.4 is 10.1 Å². The second-order valence-corrected chi connectivity index (χ2v) is 4.81. The maximum absolute atomic E-state index is 5.33. The highest BCUT2D eigenvalue weighted by Gasteiger charge is 2.07. The van der Waals surface area contributed by atoms with Crippen LogP contribution in [0.25, 0.3) is 0 Å². The molecule has 0 amide bonds. The molecule has 0 aliphatic heterocycles. The van der Waals surface area contributed by atoms with Crippen LogP contribution in [-0.4, -0.2) is 16.2 Å². The Morgan fingerprint density at radius 1 is 1.25 bits per heavy atom. The summed E-state index contributed by atoms with van der Waals surface area (Å²) in [4.78, 5) is 4.25. The molecule has 0 bridgehead atoms. The van der Waals surface area contributed by atoms with Crippen molar-refractivity contribution in [3.05, 3.63) is 41.3 Å². The van der Waals surface area contributed by atoms with Gasteiger partial charge in [0.2, 0.25) is 5.88 Å². The van der Waals surface area contributed by atoms with E-state index in [0.29, 0.717) is 12.5 Å². The molecule has 2 heterocycles. The number of hydrogen-bond donors (Lipinski definition) is 1. The number of rotatable bonds is 6. The minimum Gasteiger partial charge on any atom is -0.478 e. The van der Waals surface area contributed by atoms with E-state index >= 15 is 0 Å². The van der Waals surface area contributed by atoms with E-state index < -0.39 is 0 Å². The maximum Gasteiger partial charge on any atom is 0.213 e. The zero-order valence-corrected chi connectivity index (χ0v) is 12.7. The third kappa shape index (κ3) is 3.13. The Hall–Kier alpha value is -1.97. The summed E-state index contributed by atoms with van der Waals surface area (Å²) in [6.07, 6.45) is 1.81. The lowest BCUT2D eigenvalue weighted by Crippen LogP contribution is -2.03. The first-order valence-electron chi connectivity index (χ1n) is 7.14. The standard InChI is InChI=1S/C16H23N3O/c1-5-19-12(3)9-14(13(19)4)10-17-15-7-8-16(18-11-15)20-6-2/h7-9,11,17H,5-6,10H2,1-4H3. The van der Waals surface area contributed by atoms with Crippen LogP contribution in [0.2, 0.25) is 0 Å². The Bertz CT molecular complexity index is 558. The number of hydrogen-bond acceptors (Lipinski definition) is 3. The van der Waals surface area contributed by atoms with E-state index in [4.69, 9.17) is 4.74 Å². The summed E-state index contributed by atoms with van der Waals surface area (Å²) >= 11 is 0. The molecule has 0 fully saturated rings. The van der Waals surface area contributed by atoms with Gasteiger partial charge in [-0.25, -0.2) is 4.98 Å². The Balaban J connectivity index is 2.01. The lowest BCUT2D eigenvalue weighted by atomic mass is 10.2. The molecule has 1 N–H and O–H groups in total. The van der Waals surface area contributed by atoms with E-state index in [9.17, 15) is 0 Å². The summed E-state index contributed by atoms with van der Waals surface area (Å²) < 4.78 is 7.66. The van der Waals surface area contributed by atoms with Gasteiger partial charge >= 0.3 is 0 Å². The molecule has 108 valence electrons. The van der Waals surface area contributed by atoms with E-state index in [-0.39, 0.29) is 0 Å². The Kier molecular flexibility index (Phi) is 4.66. The highest BCUT2D eigenvalue weighted by atomic mass is 16.5. The molecule has 20 heavy (non-hydrogen) atoms. The van der Waals surface area contributed by atoms with Gasteiger partial charge in [-0.15, -0.1) is 0 Å². The van der Waals surface area contributed by atoms with Crippen LogP contribution in [0.15, 0.2) is 24.4 Å². The van der Waals surface area contributed by atoms with Crippen LogP contribution >= 0.6 is 0 Å². The SMILES string of the molecule is CCOc1ccc(NCc2cc(C)n(CC)c2C)cn1. The lowest BCUT2D eigenvalue weighted by molar-refractivity contribution is 0.327. The molecule has 0 aliphatic carbocycles. The van der Waals surface area contributed by atoms with E-state index in [0.717, 1.165) is 18.8 Å². The van der Waals surface area contributed by atoms with Crippen LogP contribution in [0.4, 0.5) is 5.69 Å². The normalized spacial score (nSPS) is 10.6. The Morgan fingerprint density at radius 2 is 2.05 bits per heavy atom. The fraction of sp³-hybridized carbons (Fsp3) is 0.438. The smallest absolute Gasteiger partial charge is 0.213 e. The van der Waals surface area contributed by atoms with Crippen molar-refractivity contribution in [1.82, 2.24) is 9.55 Å². The Morgan fingerprint density at radius 3 is 2.60 bits per heavy atom. The molecule has 0 aromatic carbocycles. The summed E-state index contributed by atoms with van der Waals surface area (Å²) in [6.45, 7) is 10.9.